The summed E-state index contributed by atoms with van der Waals surface area (Å²) in [4.78, 5) is 12.2. The third-order valence-electron chi connectivity index (χ3n) is 3.57. The van der Waals surface area contributed by atoms with Crippen molar-refractivity contribution in [3.63, 3.8) is 0 Å². The molecule has 0 aliphatic heterocycles. The molecule has 124 valence electrons. The SMILES string of the molecule is Cc1n[nH]c(C)c1NC(=O)Nc1ccnn1Cc1ccc(F)cc1. The predicted molar refractivity (Wildman–Crippen MR) is 88.4 cm³/mol. The van der Waals surface area contributed by atoms with Crippen LogP contribution in [0.15, 0.2) is 36.5 Å². The zero-order valence-electron chi connectivity index (χ0n) is 13.3. The summed E-state index contributed by atoms with van der Waals surface area (Å²) in [7, 11) is 0. The Balaban J connectivity index is 1.69. The number of aromatic nitrogens is 4. The molecule has 0 spiro atoms. The van der Waals surface area contributed by atoms with Crippen molar-refractivity contribution in [3.05, 3.63) is 59.3 Å². The molecular weight excluding hydrogens is 311 g/mol. The van der Waals surface area contributed by atoms with Gasteiger partial charge in [-0.15, -0.1) is 0 Å². The highest BCUT2D eigenvalue weighted by atomic mass is 19.1. The lowest BCUT2D eigenvalue weighted by Crippen LogP contribution is -2.22. The van der Waals surface area contributed by atoms with Crippen LogP contribution >= 0.6 is 0 Å². The second-order valence-electron chi connectivity index (χ2n) is 5.39. The van der Waals surface area contributed by atoms with Crippen LogP contribution in [0.4, 0.5) is 20.7 Å². The Bertz CT molecular complexity index is 832. The maximum absolute atomic E-state index is 13.0. The normalized spacial score (nSPS) is 10.6. The second kappa shape index (κ2) is 6.53. The van der Waals surface area contributed by atoms with Gasteiger partial charge >= 0.3 is 6.03 Å². The van der Waals surface area contributed by atoms with E-state index in [9.17, 15) is 9.18 Å². The smallest absolute Gasteiger partial charge is 0.304 e. The Kier molecular flexibility index (Phi) is 4.28. The fourth-order valence-electron chi connectivity index (χ4n) is 2.32. The van der Waals surface area contributed by atoms with Gasteiger partial charge in [0.25, 0.3) is 0 Å². The van der Waals surface area contributed by atoms with Gasteiger partial charge in [0.05, 0.1) is 29.8 Å². The van der Waals surface area contributed by atoms with Gasteiger partial charge in [0.15, 0.2) is 0 Å². The molecule has 0 atom stereocenters. The number of urea groups is 1. The van der Waals surface area contributed by atoms with Crippen molar-refractivity contribution in [2.45, 2.75) is 20.4 Å². The van der Waals surface area contributed by atoms with Crippen molar-refractivity contribution in [2.75, 3.05) is 10.6 Å². The summed E-state index contributed by atoms with van der Waals surface area (Å²) < 4.78 is 14.6. The Morgan fingerprint density at radius 3 is 2.62 bits per heavy atom. The lowest BCUT2D eigenvalue weighted by molar-refractivity contribution is 0.262. The van der Waals surface area contributed by atoms with E-state index in [0.717, 1.165) is 11.3 Å². The van der Waals surface area contributed by atoms with E-state index < -0.39 is 0 Å². The van der Waals surface area contributed by atoms with Crippen LogP contribution in [0, 0.1) is 19.7 Å². The van der Waals surface area contributed by atoms with Gasteiger partial charge in [-0.05, 0) is 31.5 Å². The van der Waals surface area contributed by atoms with E-state index in [1.807, 2.05) is 6.92 Å². The van der Waals surface area contributed by atoms with E-state index in [4.69, 9.17) is 0 Å². The molecule has 7 nitrogen and oxygen atoms in total. The molecule has 1 aromatic carbocycles. The third kappa shape index (κ3) is 3.43. The van der Waals surface area contributed by atoms with Gasteiger partial charge in [-0.2, -0.15) is 10.2 Å². The van der Waals surface area contributed by atoms with E-state index in [1.54, 1.807) is 36.0 Å². The summed E-state index contributed by atoms with van der Waals surface area (Å²) in [5, 5.41) is 16.5. The molecule has 2 aromatic heterocycles. The quantitative estimate of drug-likeness (QED) is 0.688. The summed E-state index contributed by atoms with van der Waals surface area (Å²) in [6.07, 6.45) is 1.59. The number of rotatable bonds is 4. The van der Waals surface area contributed by atoms with Crippen molar-refractivity contribution in [3.8, 4) is 0 Å². The first-order valence-corrected chi connectivity index (χ1v) is 7.39. The molecule has 3 N–H and O–H groups in total. The number of nitrogens with zero attached hydrogens (tertiary/aromatic N) is 3. The van der Waals surface area contributed by atoms with Gasteiger partial charge < -0.3 is 5.32 Å². The Hall–Kier alpha value is -3.16. The minimum Gasteiger partial charge on any atom is -0.304 e. The van der Waals surface area contributed by atoms with Crippen LogP contribution in [0.1, 0.15) is 17.0 Å². The predicted octanol–water partition coefficient (Wildman–Crippen LogP) is 3.05. The molecule has 24 heavy (non-hydrogen) atoms. The van der Waals surface area contributed by atoms with Crippen molar-refractivity contribution in [2.24, 2.45) is 0 Å². The summed E-state index contributed by atoms with van der Waals surface area (Å²) in [6, 6.07) is 7.45. The number of H-pyrrole nitrogens is 1. The monoisotopic (exact) mass is 328 g/mol. The van der Waals surface area contributed by atoms with Crippen molar-refractivity contribution < 1.29 is 9.18 Å². The molecule has 3 aromatic rings. The van der Waals surface area contributed by atoms with E-state index >= 15 is 0 Å². The van der Waals surface area contributed by atoms with Crippen LogP contribution in [-0.4, -0.2) is 26.0 Å². The van der Waals surface area contributed by atoms with Crippen LogP contribution < -0.4 is 10.6 Å². The van der Waals surface area contributed by atoms with Crippen molar-refractivity contribution >= 4 is 17.5 Å². The molecule has 0 unspecified atom stereocenters. The number of anilines is 2. The molecule has 0 saturated heterocycles. The lowest BCUT2D eigenvalue weighted by atomic mass is 10.2. The van der Waals surface area contributed by atoms with Gasteiger partial charge in [0.1, 0.15) is 11.6 Å². The number of benzene rings is 1. The first-order chi connectivity index (χ1) is 11.5. The van der Waals surface area contributed by atoms with Gasteiger partial charge in [-0.3, -0.25) is 10.4 Å². The van der Waals surface area contributed by atoms with E-state index in [0.29, 0.717) is 23.7 Å². The first-order valence-electron chi connectivity index (χ1n) is 7.39. The molecular formula is C16H17FN6O. The zero-order chi connectivity index (χ0) is 17.1. The second-order valence-corrected chi connectivity index (χ2v) is 5.39. The molecule has 8 heteroatoms. The minimum absolute atomic E-state index is 0.289. The van der Waals surface area contributed by atoms with Crippen LogP contribution in [0.3, 0.4) is 0 Å². The topological polar surface area (TPSA) is 87.6 Å². The molecule has 0 bridgehead atoms. The molecule has 0 aliphatic carbocycles. The molecule has 0 aliphatic rings. The summed E-state index contributed by atoms with van der Waals surface area (Å²) >= 11 is 0. The van der Waals surface area contributed by atoms with Crippen LogP contribution in [0.5, 0.6) is 0 Å². The molecule has 3 rings (SSSR count). The van der Waals surface area contributed by atoms with Gasteiger partial charge in [-0.25, -0.2) is 13.9 Å². The van der Waals surface area contributed by atoms with Crippen LogP contribution in [0.25, 0.3) is 0 Å². The average Bonchev–Trinajstić information content (AvgIpc) is 3.11. The Labute approximate surface area is 137 Å². The fraction of sp³-hybridized carbons (Fsp3) is 0.188. The number of nitrogens with one attached hydrogen (secondary N) is 3. The highest BCUT2D eigenvalue weighted by molar-refractivity contribution is 5.99. The van der Waals surface area contributed by atoms with E-state index in [2.05, 4.69) is 25.9 Å². The van der Waals surface area contributed by atoms with Crippen molar-refractivity contribution in [1.29, 1.82) is 0 Å². The highest BCUT2D eigenvalue weighted by Gasteiger charge is 2.12. The standard InChI is InChI=1S/C16H17FN6O/c1-10-15(11(2)22-21-10)20-16(24)19-14-7-8-18-23(14)9-12-3-5-13(17)6-4-12/h3-8H,9H2,1-2H3,(H,21,22)(H2,19,20,24). The number of carbonyl (C=O) groups is 1. The first kappa shape index (κ1) is 15.7. The lowest BCUT2D eigenvalue weighted by Gasteiger charge is -2.10. The number of aromatic amines is 1. The van der Waals surface area contributed by atoms with E-state index in [1.165, 1.54) is 12.1 Å². The number of aryl methyl sites for hydroxylation is 2. The number of hydrogen-bond acceptors (Lipinski definition) is 3. The van der Waals surface area contributed by atoms with Gasteiger partial charge in [0, 0.05) is 6.07 Å². The summed E-state index contributed by atoms with van der Waals surface area (Å²) in [5.74, 6) is 0.249. The van der Waals surface area contributed by atoms with Crippen LogP contribution in [0.2, 0.25) is 0 Å². The maximum Gasteiger partial charge on any atom is 0.324 e. The zero-order valence-corrected chi connectivity index (χ0v) is 13.3. The Morgan fingerprint density at radius 2 is 1.96 bits per heavy atom. The highest BCUT2D eigenvalue weighted by Crippen LogP contribution is 2.17. The summed E-state index contributed by atoms with van der Waals surface area (Å²) in [5.41, 5.74) is 3.02. The number of amides is 2. The van der Waals surface area contributed by atoms with E-state index in [-0.39, 0.29) is 11.8 Å². The number of carbonyl (C=O) groups excluding carboxylic acids is 1. The van der Waals surface area contributed by atoms with Crippen molar-refractivity contribution in [1.82, 2.24) is 20.0 Å². The fourth-order valence-corrected chi connectivity index (χ4v) is 2.32. The van der Waals surface area contributed by atoms with Gasteiger partial charge in [-0.1, -0.05) is 12.1 Å². The maximum atomic E-state index is 13.0. The Morgan fingerprint density at radius 1 is 1.21 bits per heavy atom. The number of halogens is 1. The third-order valence-corrected chi connectivity index (χ3v) is 3.57. The molecule has 2 heterocycles. The van der Waals surface area contributed by atoms with Gasteiger partial charge in [0.2, 0.25) is 0 Å². The molecule has 0 saturated carbocycles. The molecule has 2 amide bonds. The molecule has 0 fully saturated rings. The number of hydrogen-bond donors (Lipinski definition) is 3. The largest absolute Gasteiger partial charge is 0.324 e. The van der Waals surface area contributed by atoms with Crippen LogP contribution in [-0.2, 0) is 6.54 Å². The minimum atomic E-state index is -0.386. The average molecular weight is 328 g/mol. The summed E-state index contributed by atoms with van der Waals surface area (Å²) in [6.45, 7) is 4.05. The molecule has 0 radical (unpaired) electrons.